The third-order valence-corrected chi connectivity index (χ3v) is 2.21. The Morgan fingerprint density at radius 2 is 2.27 bits per heavy atom. The van der Waals surface area contributed by atoms with Crippen molar-refractivity contribution < 1.29 is 9.84 Å². The van der Waals surface area contributed by atoms with Gasteiger partial charge in [-0.1, -0.05) is 0 Å². The van der Waals surface area contributed by atoms with Crippen LogP contribution in [0.3, 0.4) is 0 Å². The highest BCUT2D eigenvalue weighted by Crippen LogP contribution is 2.34. The van der Waals surface area contributed by atoms with Gasteiger partial charge in [-0.05, 0) is 39.9 Å². The maximum absolute atomic E-state index is 9.04. The number of methoxy groups -OCH3 is 1. The lowest BCUT2D eigenvalue weighted by Crippen LogP contribution is -1.83. The van der Waals surface area contributed by atoms with Gasteiger partial charge in [-0.3, -0.25) is 0 Å². The fraction of sp³-hybridized carbons (Fsp3) is 0.143. The Balaban J connectivity index is 3.06. The van der Waals surface area contributed by atoms with Crippen LogP contribution >= 0.6 is 21.7 Å². The number of ether oxygens (including phenoxy) is 1. The largest absolute Gasteiger partial charge is 0.508 e. The van der Waals surface area contributed by atoms with Crippen molar-refractivity contribution in [3.63, 3.8) is 0 Å². The zero-order valence-corrected chi connectivity index (χ0v) is 7.45. The molecule has 60 valence electrons. The number of phenols is 1. The van der Waals surface area contributed by atoms with Gasteiger partial charge in [0.15, 0.2) is 0 Å². The molecular formula is C7H7ClO2S. The highest BCUT2D eigenvalue weighted by Gasteiger charge is 2.02. The second kappa shape index (κ2) is 3.74. The van der Waals surface area contributed by atoms with Gasteiger partial charge >= 0.3 is 0 Å². The highest BCUT2D eigenvalue weighted by atomic mass is 35.7. The SMILES string of the molecule is COc1ccc(O)cc1SCl. The van der Waals surface area contributed by atoms with Gasteiger partial charge in [0.2, 0.25) is 0 Å². The van der Waals surface area contributed by atoms with E-state index in [1.807, 2.05) is 0 Å². The molecule has 1 rings (SSSR count). The topological polar surface area (TPSA) is 29.5 Å². The van der Waals surface area contributed by atoms with E-state index in [0.717, 1.165) is 11.0 Å². The van der Waals surface area contributed by atoms with Crippen LogP contribution in [0.4, 0.5) is 0 Å². The van der Waals surface area contributed by atoms with Gasteiger partial charge < -0.3 is 9.84 Å². The monoisotopic (exact) mass is 190 g/mol. The van der Waals surface area contributed by atoms with Gasteiger partial charge in [0.05, 0.1) is 12.0 Å². The number of hydrogen-bond acceptors (Lipinski definition) is 3. The molecule has 0 unspecified atom stereocenters. The van der Waals surface area contributed by atoms with E-state index in [4.69, 9.17) is 20.5 Å². The predicted octanol–water partition coefficient (Wildman–Crippen LogP) is 2.65. The Hall–Kier alpha value is -0.540. The van der Waals surface area contributed by atoms with Gasteiger partial charge in [0.25, 0.3) is 0 Å². The van der Waals surface area contributed by atoms with Crippen LogP contribution in [-0.2, 0) is 0 Å². The molecule has 0 heterocycles. The lowest BCUT2D eigenvalue weighted by atomic mass is 10.3. The molecule has 0 radical (unpaired) electrons. The van der Waals surface area contributed by atoms with Crippen LogP contribution in [0.1, 0.15) is 0 Å². The Morgan fingerprint density at radius 1 is 1.55 bits per heavy atom. The van der Waals surface area contributed by atoms with Crippen molar-refractivity contribution >= 4 is 21.7 Å². The fourth-order valence-corrected chi connectivity index (χ4v) is 1.48. The summed E-state index contributed by atoms with van der Waals surface area (Å²) in [5.41, 5.74) is 0. The second-order valence-corrected chi connectivity index (χ2v) is 2.97. The quantitative estimate of drug-likeness (QED) is 0.778. The van der Waals surface area contributed by atoms with E-state index in [9.17, 15) is 0 Å². The molecule has 1 N–H and O–H groups in total. The van der Waals surface area contributed by atoms with Crippen LogP contribution in [0.15, 0.2) is 23.1 Å². The van der Waals surface area contributed by atoms with E-state index in [1.54, 1.807) is 25.3 Å². The molecule has 0 aliphatic rings. The number of halogens is 1. The minimum atomic E-state index is 0.189. The Bertz CT molecular complexity index is 252. The lowest BCUT2D eigenvalue weighted by Gasteiger charge is -2.03. The summed E-state index contributed by atoms with van der Waals surface area (Å²) in [4.78, 5) is 0.717. The summed E-state index contributed by atoms with van der Waals surface area (Å²) in [6.45, 7) is 0. The van der Waals surface area contributed by atoms with Crippen molar-refractivity contribution in [2.45, 2.75) is 4.90 Å². The first-order chi connectivity index (χ1) is 5.27. The van der Waals surface area contributed by atoms with Crippen LogP contribution in [0.2, 0.25) is 0 Å². The summed E-state index contributed by atoms with van der Waals surface area (Å²) in [7, 11) is 8.09. The smallest absolute Gasteiger partial charge is 0.133 e. The van der Waals surface area contributed by atoms with Crippen molar-refractivity contribution in [3.05, 3.63) is 18.2 Å². The first kappa shape index (κ1) is 8.56. The third kappa shape index (κ3) is 1.94. The van der Waals surface area contributed by atoms with Crippen molar-refractivity contribution in [1.29, 1.82) is 0 Å². The summed E-state index contributed by atoms with van der Waals surface area (Å²) >= 11 is 0. The lowest BCUT2D eigenvalue weighted by molar-refractivity contribution is 0.401. The van der Waals surface area contributed by atoms with Crippen LogP contribution < -0.4 is 4.74 Å². The Labute approximate surface area is 73.6 Å². The molecule has 0 aliphatic carbocycles. The van der Waals surface area contributed by atoms with Crippen molar-refractivity contribution in [3.8, 4) is 11.5 Å². The van der Waals surface area contributed by atoms with Crippen molar-refractivity contribution in [2.75, 3.05) is 7.11 Å². The molecule has 0 saturated carbocycles. The number of aromatic hydroxyl groups is 1. The molecule has 0 spiro atoms. The Morgan fingerprint density at radius 3 is 2.82 bits per heavy atom. The van der Waals surface area contributed by atoms with Crippen molar-refractivity contribution in [2.24, 2.45) is 0 Å². The van der Waals surface area contributed by atoms with Crippen LogP contribution in [0.5, 0.6) is 11.5 Å². The van der Waals surface area contributed by atoms with Crippen LogP contribution in [-0.4, -0.2) is 12.2 Å². The first-order valence-corrected chi connectivity index (χ1v) is 4.58. The summed E-state index contributed by atoms with van der Waals surface area (Å²) in [6.07, 6.45) is 0. The molecule has 1 aromatic rings. The van der Waals surface area contributed by atoms with E-state index < -0.39 is 0 Å². The van der Waals surface area contributed by atoms with Gasteiger partial charge in [0.1, 0.15) is 11.5 Å². The zero-order valence-electron chi connectivity index (χ0n) is 5.87. The number of phenolic OH excluding ortho intramolecular Hbond substituents is 1. The van der Waals surface area contributed by atoms with E-state index in [1.165, 1.54) is 0 Å². The van der Waals surface area contributed by atoms with E-state index >= 15 is 0 Å². The van der Waals surface area contributed by atoms with Crippen molar-refractivity contribution in [1.82, 2.24) is 0 Å². The molecule has 11 heavy (non-hydrogen) atoms. The van der Waals surface area contributed by atoms with Gasteiger partial charge in [-0.2, -0.15) is 0 Å². The fourth-order valence-electron chi connectivity index (χ4n) is 0.726. The van der Waals surface area contributed by atoms with Gasteiger partial charge in [0, 0.05) is 0 Å². The normalized spacial score (nSPS) is 9.64. The molecule has 0 saturated heterocycles. The molecule has 0 fully saturated rings. The predicted molar refractivity (Wildman–Crippen MR) is 46.4 cm³/mol. The number of rotatable bonds is 2. The number of hydrogen-bond donors (Lipinski definition) is 1. The number of benzene rings is 1. The minimum absolute atomic E-state index is 0.189. The molecular weight excluding hydrogens is 184 g/mol. The summed E-state index contributed by atoms with van der Waals surface area (Å²) in [6, 6.07) is 4.77. The van der Waals surface area contributed by atoms with E-state index in [2.05, 4.69) is 0 Å². The van der Waals surface area contributed by atoms with Crippen LogP contribution in [0.25, 0.3) is 0 Å². The highest BCUT2D eigenvalue weighted by molar-refractivity contribution is 8.21. The molecule has 0 aliphatic heterocycles. The first-order valence-electron chi connectivity index (χ1n) is 2.93. The maximum atomic E-state index is 9.04. The van der Waals surface area contributed by atoms with E-state index in [0.29, 0.717) is 10.6 Å². The van der Waals surface area contributed by atoms with Gasteiger partial charge in [-0.25, -0.2) is 0 Å². The summed E-state index contributed by atoms with van der Waals surface area (Å²) < 4.78 is 4.97. The maximum Gasteiger partial charge on any atom is 0.133 e. The average molecular weight is 191 g/mol. The molecule has 1 aromatic carbocycles. The zero-order chi connectivity index (χ0) is 8.27. The average Bonchev–Trinajstić information content (AvgIpc) is 2.04. The molecule has 0 atom stereocenters. The van der Waals surface area contributed by atoms with Crippen LogP contribution in [0, 0.1) is 0 Å². The summed E-state index contributed by atoms with van der Waals surface area (Å²) in [5, 5.41) is 9.04. The molecule has 4 heteroatoms. The minimum Gasteiger partial charge on any atom is -0.508 e. The Kier molecular flexibility index (Phi) is 2.91. The van der Waals surface area contributed by atoms with E-state index in [-0.39, 0.29) is 5.75 Å². The van der Waals surface area contributed by atoms with Gasteiger partial charge in [-0.15, -0.1) is 0 Å². The summed E-state index contributed by atoms with van der Waals surface area (Å²) in [5.74, 6) is 0.858. The molecule has 0 bridgehead atoms. The standard InChI is InChI=1S/C7H7ClO2S/c1-10-6-3-2-5(9)4-7(6)11-8/h2-4,9H,1H3. The second-order valence-electron chi connectivity index (χ2n) is 1.91. The molecule has 2 nitrogen and oxygen atoms in total. The molecule has 0 aromatic heterocycles. The molecule has 0 amide bonds. The third-order valence-electron chi connectivity index (χ3n) is 1.23.